The quantitative estimate of drug-likeness (QED) is 0.161. The second-order valence-electron chi connectivity index (χ2n) is 12.8. The molecule has 0 aromatic heterocycles. The molecule has 0 amide bonds. The minimum absolute atomic E-state index is 0.0487. The summed E-state index contributed by atoms with van der Waals surface area (Å²) in [6.07, 6.45) is 12.2. The summed E-state index contributed by atoms with van der Waals surface area (Å²) in [5, 5.41) is 14.5. The Morgan fingerprint density at radius 1 is 0.956 bits per heavy atom. The van der Waals surface area contributed by atoms with Crippen molar-refractivity contribution in [1.29, 1.82) is 0 Å². The lowest BCUT2D eigenvalue weighted by atomic mass is 10.0. The van der Waals surface area contributed by atoms with Crippen molar-refractivity contribution in [2.24, 2.45) is 11.8 Å². The van der Waals surface area contributed by atoms with Crippen LogP contribution in [0.1, 0.15) is 93.9 Å². The van der Waals surface area contributed by atoms with E-state index in [1.165, 1.54) is 31.9 Å². The summed E-state index contributed by atoms with van der Waals surface area (Å²) < 4.78 is 22.9. The van der Waals surface area contributed by atoms with Gasteiger partial charge >= 0.3 is 17.7 Å². The number of esters is 2. The fourth-order valence-electron chi connectivity index (χ4n) is 6.58. The molecule has 3 aliphatic rings. The molecule has 0 spiro atoms. The first kappa shape index (κ1) is 33.3. The average molecular weight is 640 g/mol. The molecule has 0 bridgehead atoms. The van der Waals surface area contributed by atoms with Gasteiger partial charge in [-0.1, -0.05) is 93.3 Å². The van der Waals surface area contributed by atoms with E-state index in [9.17, 15) is 14.7 Å². The highest BCUT2D eigenvalue weighted by molar-refractivity contribution is 6.30. The largest absolute Gasteiger partial charge is 0.459 e. The second kappa shape index (κ2) is 16.0. The van der Waals surface area contributed by atoms with Gasteiger partial charge in [-0.15, -0.1) is 0 Å². The maximum Gasteiger partial charge on any atom is 0.453 e. The Balaban J connectivity index is 1.19. The van der Waals surface area contributed by atoms with Crippen molar-refractivity contribution in [1.82, 2.24) is 5.32 Å². The molecule has 0 saturated heterocycles. The summed E-state index contributed by atoms with van der Waals surface area (Å²) in [5.74, 6) is -2.76. The Kier molecular flexibility index (Phi) is 11.8. The number of hydrogen-bond donors (Lipinski definition) is 2. The molecule has 1 heterocycles. The van der Waals surface area contributed by atoms with Crippen LogP contribution in [0.15, 0.2) is 54.8 Å². The van der Waals surface area contributed by atoms with E-state index in [4.69, 9.17) is 30.5 Å². The number of carbonyl (C=O) groups excluding carboxylic acids is 2. The van der Waals surface area contributed by atoms with E-state index in [1.807, 2.05) is 43.3 Å². The van der Waals surface area contributed by atoms with Crippen LogP contribution in [0, 0.1) is 11.8 Å². The van der Waals surface area contributed by atoms with Crippen molar-refractivity contribution in [3.63, 3.8) is 0 Å². The van der Waals surface area contributed by atoms with E-state index in [0.717, 1.165) is 49.7 Å². The molecule has 5 rings (SSSR count). The molecular formula is C36H46ClNO7. The molecule has 2 atom stereocenters. The summed E-state index contributed by atoms with van der Waals surface area (Å²) in [6, 6.07) is 14.9. The van der Waals surface area contributed by atoms with Gasteiger partial charge in [0.05, 0.1) is 19.3 Å². The van der Waals surface area contributed by atoms with Gasteiger partial charge in [0.15, 0.2) is 5.76 Å². The molecule has 2 saturated carbocycles. The zero-order valence-corrected chi connectivity index (χ0v) is 26.9. The van der Waals surface area contributed by atoms with E-state index >= 15 is 0 Å². The van der Waals surface area contributed by atoms with Crippen molar-refractivity contribution in [2.75, 3.05) is 19.8 Å². The summed E-state index contributed by atoms with van der Waals surface area (Å²) in [4.78, 5) is 26.8. The van der Waals surface area contributed by atoms with Gasteiger partial charge in [-0.2, -0.15) is 0 Å². The first-order valence-electron chi connectivity index (χ1n) is 16.5. The van der Waals surface area contributed by atoms with Crippen molar-refractivity contribution >= 4 is 29.3 Å². The van der Waals surface area contributed by atoms with E-state index in [2.05, 4.69) is 5.32 Å². The minimum atomic E-state index is -2.32. The van der Waals surface area contributed by atoms with Crippen molar-refractivity contribution in [3.8, 4) is 0 Å². The van der Waals surface area contributed by atoms with Crippen LogP contribution in [0.3, 0.4) is 0 Å². The summed E-state index contributed by atoms with van der Waals surface area (Å²) >= 11 is 6.07. The number of benzene rings is 2. The van der Waals surface area contributed by atoms with Gasteiger partial charge in [-0.25, -0.2) is 9.59 Å². The Labute approximate surface area is 271 Å². The van der Waals surface area contributed by atoms with E-state index in [-0.39, 0.29) is 25.0 Å². The number of hydrogen-bond acceptors (Lipinski definition) is 8. The van der Waals surface area contributed by atoms with Crippen LogP contribution in [0.4, 0.5) is 0 Å². The second-order valence-corrected chi connectivity index (χ2v) is 13.2. The summed E-state index contributed by atoms with van der Waals surface area (Å²) in [5.41, 5.74) is 2.43. The van der Waals surface area contributed by atoms with E-state index in [1.54, 1.807) is 12.1 Å². The number of halogens is 1. The molecule has 2 unspecified atom stereocenters. The minimum Gasteiger partial charge on any atom is -0.459 e. The maximum atomic E-state index is 13.4. The molecule has 2 N–H and O–H groups in total. The van der Waals surface area contributed by atoms with Gasteiger partial charge < -0.3 is 29.4 Å². The first-order chi connectivity index (χ1) is 21.8. The number of nitrogens with one attached hydrogen (secondary N) is 1. The van der Waals surface area contributed by atoms with Crippen molar-refractivity contribution < 1.29 is 33.6 Å². The standard InChI is InChI=1S/C36H46ClNO7/c1-25(38-23-32(39)29-13-7-15-31(37)22-29)20-28-12-6-14-30(21-28)33-24-44-36(45-33,34(40)42-18-16-26-8-2-3-9-26)35(41)43-19-17-27-10-4-5-11-27/h6-7,12-15,21-22,24-27,32,38-39H,2-5,8-11,16-20,23H2,1H3. The molecule has 1 aliphatic heterocycles. The van der Waals surface area contributed by atoms with Crippen molar-refractivity contribution in [2.45, 2.75) is 95.5 Å². The predicted molar refractivity (Wildman–Crippen MR) is 172 cm³/mol. The lowest BCUT2D eigenvalue weighted by Gasteiger charge is -2.24. The zero-order chi connectivity index (χ0) is 31.6. The molecule has 2 aromatic carbocycles. The Morgan fingerprint density at radius 3 is 2.20 bits per heavy atom. The smallest absolute Gasteiger partial charge is 0.453 e. The molecule has 2 aliphatic carbocycles. The number of carbonyl (C=O) groups is 2. The molecule has 9 heteroatoms. The Hall–Kier alpha value is -3.07. The highest BCUT2D eigenvalue weighted by atomic mass is 35.5. The van der Waals surface area contributed by atoms with Gasteiger partial charge in [0, 0.05) is 23.2 Å². The SMILES string of the molecule is CC(Cc1cccc(C2=COC(C(=O)OCCC3CCCC3)(C(=O)OCCC3CCCC3)O2)c1)NCC(O)c1cccc(Cl)c1. The normalized spacial score (nSPS) is 19.4. The monoisotopic (exact) mass is 639 g/mol. The fraction of sp³-hybridized carbons (Fsp3) is 0.556. The van der Waals surface area contributed by atoms with Gasteiger partial charge in [0.25, 0.3) is 0 Å². The molecule has 8 nitrogen and oxygen atoms in total. The molecule has 2 aromatic rings. The average Bonchev–Trinajstić information content (AvgIpc) is 3.83. The topological polar surface area (TPSA) is 103 Å². The van der Waals surface area contributed by atoms with Gasteiger partial charge in [0.1, 0.15) is 6.26 Å². The Bertz CT molecular complexity index is 1280. The molecule has 2 fully saturated rings. The highest BCUT2D eigenvalue weighted by Gasteiger charge is 2.58. The lowest BCUT2D eigenvalue weighted by Crippen LogP contribution is -2.50. The van der Waals surface area contributed by atoms with Crippen LogP contribution < -0.4 is 5.32 Å². The van der Waals surface area contributed by atoms with Crippen molar-refractivity contribution in [3.05, 3.63) is 76.5 Å². The zero-order valence-electron chi connectivity index (χ0n) is 26.2. The third-order valence-corrected chi connectivity index (χ3v) is 9.47. The summed E-state index contributed by atoms with van der Waals surface area (Å²) in [6.45, 7) is 2.82. The van der Waals surface area contributed by atoms with E-state index < -0.39 is 23.8 Å². The molecule has 244 valence electrons. The third kappa shape index (κ3) is 9.02. The highest BCUT2D eigenvalue weighted by Crippen LogP contribution is 2.36. The fourth-order valence-corrected chi connectivity index (χ4v) is 6.77. The molecule has 0 radical (unpaired) electrons. The molecular weight excluding hydrogens is 594 g/mol. The van der Waals surface area contributed by atoms with Crippen LogP contribution >= 0.6 is 11.6 Å². The lowest BCUT2D eigenvalue weighted by molar-refractivity contribution is -0.216. The predicted octanol–water partition coefficient (Wildman–Crippen LogP) is 6.88. The first-order valence-corrected chi connectivity index (χ1v) is 16.9. The van der Waals surface area contributed by atoms with E-state index in [0.29, 0.717) is 35.4 Å². The summed E-state index contributed by atoms with van der Waals surface area (Å²) in [7, 11) is 0. The Morgan fingerprint density at radius 2 is 1.58 bits per heavy atom. The van der Waals surface area contributed by atoms with Gasteiger partial charge in [0.2, 0.25) is 0 Å². The third-order valence-electron chi connectivity index (χ3n) is 9.24. The van der Waals surface area contributed by atoms with Gasteiger partial charge in [-0.05, 0) is 67.3 Å². The number of rotatable bonds is 15. The number of ether oxygens (including phenoxy) is 4. The van der Waals surface area contributed by atoms with Crippen LogP contribution in [0.5, 0.6) is 0 Å². The van der Waals surface area contributed by atoms with Crippen LogP contribution in [0.2, 0.25) is 5.02 Å². The van der Waals surface area contributed by atoms with Gasteiger partial charge in [-0.3, -0.25) is 0 Å². The van der Waals surface area contributed by atoms with Crippen LogP contribution in [0.25, 0.3) is 5.76 Å². The number of aliphatic hydroxyl groups is 1. The number of aliphatic hydroxyl groups excluding tert-OH is 1. The maximum absolute atomic E-state index is 13.4. The van der Waals surface area contributed by atoms with Crippen LogP contribution in [-0.2, 0) is 35.0 Å². The molecule has 45 heavy (non-hydrogen) atoms. The van der Waals surface area contributed by atoms with Crippen LogP contribution in [-0.4, -0.2) is 48.6 Å².